The highest BCUT2D eigenvalue weighted by molar-refractivity contribution is 5.86. The van der Waals surface area contributed by atoms with Gasteiger partial charge in [0.25, 0.3) is 5.56 Å². The monoisotopic (exact) mass is 446 g/mol. The second-order valence-corrected chi connectivity index (χ2v) is 9.26. The number of aromatic amines is 1. The van der Waals surface area contributed by atoms with Crippen LogP contribution >= 0.6 is 0 Å². The summed E-state index contributed by atoms with van der Waals surface area (Å²) < 4.78 is 11.1. The fraction of sp³-hybridized carbons (Fsp3) is 0.407. The summed E-state index contributed by atoms with van der Waals surface area (Å²) in [7, 11) is 3.23. The molecule has 5 rings (SSSR count). The van der Waals surface area contributed by atoms with Gasteiger partial charge in [-0.3, -0.25) is 9.59 Å². The highest BCUT2D eigenvalue weighted by Gasteiger charge is 2.39. The zero-order valence-electron chi connectivity index (χ0n) is 19.7. The molecule has 0 radical (unpaired) electrons. The number of fused-ring (bicyclic) bond motifs is 2. The van der Waals surface area contributed by atoms with Crippen LogP contribution in [-0.2, 0) is 11.2 Å². The van der Waals surface area contributed by atoms with Crippen molar-refractivity contribution >= 4 is 16.8 Å². The average Bonchev–Trinajstić information content (AvgIpc) is 2.78. The number of benzene rings is 2. The minimum Gasteiger partial charge on any atom is -0.493 e. The maximum Gasteiger partial charge on any atom is 0.254 e. The summed E-state index contributed by atoms with van der Waals surface area (Å²) in [6, 6.07) is 9.53. The third-order valence-electron chi connectivity index (χ3n) is 7.38. The molecule has 0 spiro atoms. The topological polar surface area (TPSA) is 71.6 Å². The maximum absolute atomic E-state index is 13.5. The molecule has 2 aliphatic rings. The number of pyridine rings is 1. The molecule has 0 unspecified atom stereocenters. The van der Waals surface area contributed by atoms with Gasteiger partial charge in [0.1, 0.15) is 0 Å². The van der Waals surface area contributed by atoms with Gasteiger partial charge in [-0.05, 0) is 73.6 Å². The second kappa shape index (κ2) is 8.25. The molecule has 6 nitrogen and oxygen atoms in total. The largest absolute Gasteiger partial charge is 0.493 e. The summed E-state index contributed by atoms with van der Waals surface area (Å²) in [6.07, 6.45) is 3.65. The SMILES string of the molecule is COc1cc2c(cc1OC)[C@@H](c1cc3c(C)ccc(C)c3[nH]c1=O)N(C(=O)C1CCC1)CC2. The van der Waals surface area contributed by atoms with Crippen LogP contribution in [-0.4, -0.2) is 36.6 Å². The number of hydrogen-bond acceptors (Lipinski definition) is 4. The first-order valence-corrected chi connectivity index (χ1v) is 11.6. The highest BCUT2D eigenvalue weighted by Crippen LogP contribution is 2.42. The normalized spacial score (nSPS) is 18.1. The van der Waals surface area contributed by atoms with E-state index in [4.69, 9.17) is 9.47 Å². The number of ether oxygens (including phenoxy) is 2. The molecule has 33 heavy (non-hydrogen) atoms. The Hall–Kier alpha value is -3.28. The Bertz CT molecular complexity index is 1310. The van der Waals surface area contributed by atoms with Crippen LogP contribution in [0.5, 0.6) is 11.5 Å². The van der Waals surface area contributed by atoms with E-state index in [0.29, 0.717) is 30.0 Å². The Morgan fingerprint density at radius 2 is 1.70 bits per heavy atom. The van der Waals surface area contributed by atoms with Crippen LogP contribution in [0.25, 0.3) is 10.9 Å². The van der Waals surface area contributed by atoms with Crippen LogP contribution in [0.4, 0.5) is 0 Å². The molecule has 0 bridgehead atoms. The third-order valence-corrected chi connectivity index (χ3v) is 7.38. The second-order valence-electron chi connectivity index (χ2n) is 9.26. The number of methoxy groups -OCH3 is 2. The van der Waals surface area contributed by atoms with E-state index in [-0.39, 0.29) is 17.4 Å². The Kier molecular flexibility index (Phi) is 5.39. The molecule has 172 valence electrons. The molecule has 6 heteroatoms. The van der Waals surface area contributed by atoms with Crippen molar-refractivity contribution in [3.05, 3.63) is 68.5 Å². The highest BCUT2D eigenvalue weighted by atomic mass is 16.5. The molecule has 1 N–H and O–H groups in total. The Balaban J connectivity index is 1.74. The fourth-order valence-electron chi connectivity index (χ4n) is 5.20. The maximum atomic E-state index is 13.5. The number of carbonyl (C=O) groups excluding carboxylic acids is 1. The Morgan fingerprint density at radius 1 is 1.00 bits per heavy atom. The van der Waals surface area contributed by atoms with Gasteiger partial charge in [0.05, 0.1) is 25.8 Å². The van der Waals surface area contributed by atoms with E-state index in [9.17, 15) is 9.59 Å². The van der Waals surface area contributed by atoms with E-state index < -0.39 is 6.04 Å². The van der Waals surface area contributed by atoms with Crippen molar-refractivity contribution in [2.75, 3.05) is 20.8 Å². The van der Waals surface area contributed by atoms with Crippen molar-refractivity contribution in [1.29, 1.82) is 0 Å². The molecule has 1 aliphatic heterocycles. The minimum absolute atomic E-state index is 0.0534. The molecular formula is C27H30N2O4. The lowest BCUT2D eigenvalue weighted by Gasteiger charge is -2.41. The average molecular weight is 447 g/mol. The lowest BCUT2D eigenvalue weighted by molar-refractivity contribution is -0.140. The standard InChI is InChI=1S/C27H30N2O4/c1-15-8-9-16(2)24-19(15)13-21(26(30)28-24)25-20-14-23(33-4)22(32-3)12-18(20)10-11-29(25)27(31)17-6-5-7-17/h8-9,12-14,17,25H,5-7,10-11H2,1-4H3,(H,28,30)/t25-/m0/s1. The molecule has 2 aromatic carbocycles. The molecular weight excluding hydrogens is 416 g/mol. The minimum atomic E-state index is -0.463. The first kappa shape index (κ1) is 21.6. The molecule has 1 fully saturated rings. The number of carbonyl (C=O) groups is 1. The summed E-state index contributed by atoms with van der Waals surface area (Å²) >= 11 is 0. The predicted molar refractivity (Wildman–Crippen MR) is 128 cm³/mol. The van der Waals surface area contributed by atoms with Crippen molar-refractivity contribution in [2.24, 2.45) is 5.92 Å². The van der Waals surface area contributed by atoms with Crippen molar-refractivity contribution in [1.82, 2.24) is 9.88 Å². The Labute approximate surface area is 193 Å². The predicted octanol–water partition coefficient (Wildman–Crippen LogP) is 4.44. The van der Waals surface area contributed by atoms with Gasteiger partial charge in [0, 0.05) is 23.4 Å². The smallest absolute Gasteiger partial charge is 0.254 e. The zero-order chi connectivity index (χ0) is 23.3. The number of aromatic nitrogens is 1. The lowest BCUT2D eigenvalue weighted by Crippen LogP contribution is -2.46. The van der Waals surface area contributed by atoms with E-state index in [1.165, 1.54) is 0 Å². The number of nitrogens with one attached hydrogen (secondary N) is 1. The van der Waals surface area contributed by atoms with Gasteiger partial charge in [-0.1, -0.05) is 18.6 Å². The summed E-state index contributed by atoms with van der Waals surface area (Å²) in [4.78, 5) is 32.0. The summed E-state index contributed by atoms with van der Waals surface area (Å²) in [5.41, 5.74) is 5.42. The Morgan fingerprint density at radius 3 is 2.36 bits per heavy atom. The molecule has 1 saturated carbocycles. The van der Waals surface area contributed by atoms with Gasteiger partial charge in [0.15, 0.2) is 11.5 Å². The van der Waals surface area contributed by atoms with Gasteiger partial charge >= 0.3 is 0 Å². The van der Waals surface area contributed by atoms with Crippen molar-refractivity contribution < 1.29 is 14.3 Å². The van der Waals surface area contributed by atoms with E-state index in [0.717, 1.165) is 52.4 Å². The number of H-pyrrole nitrogens is 1. The molecule has 2 heterocycles. The summed E-state index contributed by atoms with van der Waals surface area (Å²) in [6.45, 7) is 4.62. The summed E-state index contributed by atoms with van der Waals surface area (Å²) in [5.74, 6) is 1.46. The summed E-state index contributed by atoms with van der Waals surface area (Å²) in [5, 5.41) is 1.01. The third kappa shape index (κ3) is 3.48. The fourth-order valence-corrected chi connectivity index (χ4v) is 5.20. The van der Waals surface area contributed by atoms with Gasteiger partial charge in [-0.25, -0.2) is 0 Å². The van der Waals surface area contributed by atoms with Crippen LogP contribution in [0.3, 0.4) is 0 Å². The molecule has 1 aromatic heterocycles. The van der Waals surface area contributed by atoms with Crippen LogP contribution in [0.15, 0.2) is 35.1 Å². The van der Waals surface area contributed by atoms with Crippen LogP contribution in [0.2, 0.25) is 0 Å². The number of aryl methyl sites for hydroxylation is 2. The van der Waals surface area contributed by atoms with Crippen molar-refractivity contribution in [3.63, 3.8) is 0 Å². The quantitative estimate of drug-likeness (QED) is 0.643. The van der Waals surface area contributed by atoms with Crippen LogP contribution < -0.4 is 15.0 Å². The molecule has 1 amide bonds. The van der Waals surface area contributed by atoms with Gasteiger partial charge in [0.2, 0.25) is 5.91 Å². The first-order valence-electron chi connectivity index (χ1n) is 11.6. The van der Waals surface area contributed by atoms with Crippen molar-refractivity contribution in [2.45, 2.75) is 45.6 Å². The van der Waals surface area contributed by atoms with Crippen molar-refractivity contribution in [3.8, 4) is 11.5 Å². The zero-order valence-corrected chi connectivity index (χ0v) is 19.7. The van der Waals surface area contributed by atoms with E-state index in [1.54, 1.807) is 14.2 Å². The van der Waals surface area contributed by atoms with Gasteiger partial charge < -0.3 is 19.4 Å². The van der Waals surface area contributed by atoms with E-state index in [2.05, 4.69) is 11.1 Å². The van der Waals surface area contributed by atoms with E-state index >= 15 is 0 Å². The first-order chi connectivity index (χ1) is 15.9. The van der Waals surface area contributed by atoms with Crippen LogP contribution in [0.1, 0.15) is 53.1 Å². The number of amides is 1. The molecule has 1 atom stereocenters. The van der Waals surface area contributed by atoms with Crippen LogP contribution in [0, 0.1) is 19.8 Å². The van der Waals surface area contributed by atoms with Gasteiger partial charge in [-0.2, -0.15) is 0 Å². The number of nitrogens with zero attached hydrogens (tertiary/aromatic N) is 1. The van der Waals surface area contributed by atoms with Gasteiger partial charge in [-0.15, -0.1) is 0 Å². The number of rotatable bonds is 4. The lowest BCUT2D eigenvalue weighted by atomic mass is 9.81. The molecule has 0 saturated heterocycles. The molecule has 1 aliphatic carbocycles. The van der Waals surface area contributed by atoms with E-state index in [1.807, 2.05) is 43.0 Å². The molecule has 3 aromatic rings. The number of hydrogen-bond donors (Lipinski definition) is 1.